The van der Waals surface area contributed by atoms with Crippen LogP contribution in [0.4, 0.5) is 5.82 Å². The molecule has 0 saturated heterocycles. The van der Waals surface area contributed by atoms with Gasteiger partial charge in [0.2, 0.25) is 0 Å². The average Bonchev–Trinajstić information content (AvgIpc) is 2.81. The minimum Gasteiger partial charge on any atom is -0.383 e. The number of nitrogen functional groups attached to an aromatic ring is 1. The van der Waals surface area contributed by atoms with E-state index in [2.05, 4.69) is 33.4 Å². The van der Waals surface area contributed by atoms with Crippen molar-refractivity contribution in [2.24, 2.45) is 0 Å². The smallest absolute Gasteiger partial charge is 0.130 e. The molecule has 5 nitrogen and oxygen atoms in total. The molecule has 0 aliphatic carbocycles. The molecule has 5 heteroatoms. The van der Waals surface area contributed by atoms with Crippen molar-refractivity contribution in [1.29, 1.82) is 0 Å². The molecule has 0 aromatic carbocycles. The van der Waals surface area contributed by atoms with Gasteiger partial charge in [0.15, 0.2) is 0 Å². The van der Waals surface area contributed by atoms with Gasteiger partial charge < -0.3 is 10.3 Å². The maximum atomic E-state index is 5.93. The predicted octanol–water partition coefficient (Wildman–Crippen LogP) is 1.82. The number of nitrogens with zero attached hydrogens (tertiary/aromatic N) is 4. The number of imidazole rings is 1. The molecule has 18 heavy (non-hydrogen) atoms. The quantitative estimate of drug-likeness (QED) is 0.872. The van der Waals surface area contributed by atoms with Gasteiger partial charge in [0.05, 0.1) is 5.69 Å². The Morgan fingerprint density at radius 1 is 1.22 bits per heavy atom. The minimum atomic E-state index is 0.594. The summed E-state index contributed by atoms with van der Waals surface area (Å²) in [7, 11) is 0. The molecule has 0 aliphatic rings. The molecule has 0 saturated carbocycles. The van der Waals surface area contributed by atoms with E-state index in [1.807, 2.05) is 12.4 Å². The summed E-state index contributed by atoms with van der Waals surface area (Å²) in [5.74, 6) is 1.62. The number of nitrogens with two attached hydrogens (primary N) is 1. The van der Waals surface area contributed by atoms with Crippen LogP contribution >= 0.6 is 0 Å². The third-order valence-electron chi connectivity index (χ3n) is 3.04. The van der Waals surface area contributed by atoms with Gasteiger partial charge in [-0.1, -0.05) is 13.3 Å². The van der Waals surface area contributed by atoms with Gasteiger partial charge in [0.1, 0.15) is 18.0 Å². The van der Waals surface area contributed by atoms with Gasteiger partial charge in [0, 0.05) is 30.9 Å². The first kappa shape index (κ1) is 12.5. The topological polar surface area (TPSA) is 69.6 Å². The number of rotatable bonds is 5. The van der Waals surface area contributed by atoms with E-state index in [0.29, 0.717) is 12.2 Å². The number of hydrogen-bond acceptors (Lipinski definition) is 4. The molecule has 2 heterocycles. The first-order chi connectivity index (χ1) is 8.76. The van der Waals surface area contributed by atoms with E-state index in [-0.39, 0.29) is 0 Å². The zero-order valence-electron chi connectivity index (χ0n) is 10.9. The average molecular weight is 245 g/mol. The zero-order valence-corrected chi connectivity index (χ0v) is 10.9. The monoisotopic (exact) mass is 245 g/mol. The molecule has 0 fully saturated rings. The van der Waals surface area contributed by atoms with E-state index in [4.69, 9.17) is 5.73 Å². The second-order valence-electron chi connectivity index (χ2n) is 4.24. The van der Waals surface area contributed by atoms with Crippen LogP contribution in [-0.4, -0.2) is 19.5 Å². The van der Waals surface area contributed by atoms with Crippen LogP contribution in [-0.2, 0) is 19.4 Å². The molecule has 2 N–H and O–H groups in total. The molecule has 0 spiro atoms. The highest BCUT2D eigenvalue weighted by atomic mass is 15.1. The summed E-state index contributed by atoms with van der Waals surface area (Å²) in [5, 5.41) is 0. The highest BCUT2D eigenvalue weighted by Gasteiger charge is 2.11. The van der Waals surface area contributed by atoms with Gasteiger partial charge >= 0.3 is 0 Å². The Balaban J connectivity index is 2.31. The van der Waals surface area contributed by atoms with Crippen molar-refractivity contribution in [2.45, 2.75) is 39.7 Å². The molecule has 0 aliphatic heterocycles. The van der Waals surface area contributed by atoms with Crippen LogP contribution in [0.3, 0.4) is 0 Å². The van der Waals surface area contributed by atoms with Crippen molar-refractivity contribution in [1.82, 2.24) is 19.5 Å². The van der Waals surface area contributed by atoms with E-state index in [9.17, 15) is 0 Å². The SMILES string of the molecule is CCCc1c(N)ncnc1Cc1nccn1CC. The molecular weight excluding hydrogens is 226 g/mol. The summed E-state index contributed by atoms with van der Waals surface area (Å²) >= 11 is 0. The normalized spacial score (nSPS) is 10.8. The number of anilines is 1. The fourth-order valence-corrected chi connectivity index (χ4v) is 2.08. The lowest BCUT2D eigenvalue weighted by Gasteiger charge is -2.10. The molecule has 0 radical (unpaired) electrons. The van der Waals surface area contributed by atoms with E-state index in [1.54, 1.807) is 0 Å². The van der Waals surface area contributed by atoms with Crippen LogP contribution in [0.15, 0.2) is 18.7 Å². The van der Waals surface area contributed by atoms with Crippen molar-refractivity contribution in [2.75, 3.05) is 5.73 Å². The van der Waals surface area contributed by atoms with Gasteiger partial charge in [0.25, 0.3) is 0 Å². The molecule has 2 aromatic rings. The van der Waals surface area contributed by atoms with Crippen LogP contribution in [0.5, 0.6) is 0 Å². The minimum absolute atomic E-state index is 0.594. The number of aryl methyl sites for hydroxylation is 1. The van der Waals surface area contributed by atoms with Crippen molar-refractivity contribution < 1.29 is 0 Å². The van der Waals surface area contributed by atoms with Gasteiger partial charge in [-0.05, 0) is 13.3 Å². The fraction of sp³-hybridized carbons (Fsp3) is 0.462. The van der Waals surface area contributed by atoms with Crippen LogP contribution in [0.1, 0.15) is 37.4 Å². The molecule has 0 bridgehead atoms. The third-order valence-corrected chi connectivity index (χ3v) is 3.04. The Morgan fingerprint density at radius 2 is 2.06 bits per heavy atom. The Hall–Kier alpha value is -1.91. The second kappa shape index (κ2) is 5.62. The van der Waals surface area contributed by atoms with E-state index in [1.165, 1.54) is 6.33 Å². The number of hydrogen-bond donors (Lipinski definition) is 1. The Morgan fingerprint density at radius 3 is 2.78 bits per heavy atom. The summed E-state index contributed by atoms with van der Waals surface area (Å²) in [6, 6.07) is 0. The van der Waals surface area contributed by atoms with E-state index < -0.39 is 0 Å². The molecule has 96 valence electrons. The van der Waals surface area contributed by atoms with Gasteiger partial charge in [-0.25, -0.2) is 15.0 Å². The van der Waals surface area contributed by atoms with Crippen molar-refractivity contribution >= 4 is 5.82 Å². The van der Waals surface area contributed by atoms with E-state index >= 15 is 0 Å². The first-order valence-electron chi connectivity index (χ1n) is 6.34. The van der Waals surface area contributed by atoms with Crippen molar-refractivity contribution in [3.05, 3.63) is 35.8 Å². The zero-order chi connectivity index (χ0) is 13.0. The number of aromatic nitrogens is 4. The summed E-state index contributed by atoms with van der Waals surface area (Å²) in [5.41, 5.74) is 7.98. The molecule has 2 aromatic heterocycles. The molecule has 2 rings (SSSR count). The van der Waals surface area contributed by atoms with Crippen LogP contribution < -0.4 is 5.73 Å². The Labute approximate surface area is 107 Å². The molecular formula is C13H19N5. The van der Waals surface area contributed by atoms with Crippen LogP contribution in [0.2, 0.25) is 0 Å². The van der Waals surface area contributed by atoms with E-state index in [0.717, 1.165) is 36.5 Å². The van der Waals surface area contributed by atoms with Crippen molar-refractivity contribution in [3.63, 3.8) is 0 Å². The van der Waals surface area contributed by atoms with Crippen LogP contribution in [0, 0.1) is 0 Å². The first-order valence-corrected chi connectivity index (χ1v) is 6.34. The summed E-state index contributed by atoms with van der Waals surface area (Å²) in [6.45, 7) is 5.15. The molecule has 0 atom stereocenters. The second-order valence-corrected chi connectivity index (χ2v) is 4.24. The summed E-state index contributed by atoms with van der Waals surface area (Å²) in [6.07, 6.45) is 8.00. The highest BCUT2D eigenvalue weighted by Crippen LogP contribution is 2.17. The van der Waals surface area contributed by atoms with Crippen LogP contribution in [0.25, 0.3) is 0 Å². The lowest BCUT2D eigenvalue weighted by atomic mass is 10.1. The maximum Gasteiger partial charge on any atom is 0.130 e. The maximum absolute atomic E-state index is 5.93. The van der Waals surface area contributed by atoms with Crippen molar-refractivity contribution in [3.8, 4) is 0 Å². The lowest BCUT2D eigenvalue weighted by Crippen LogP contribution is -2.09. The Bertz CT molecular complexity index is 518. The third kappa shape index (κ3) is 2.50. The Kier molecular flexibility index (Phi) is 3.92. The summed E-state index contributed by atoms with van der Waals surface area (Å²) in [4.78, 5) is 12.8. The van der Waals surface area contributed by atoms with Gasteiger partial charge in [-0.2, -0.15) is 0 Å². The highest BCUT2D eigenvalue weighted by molar-refractivity contribution is 5.42. The van der Waals surface area contributed by atoms with Gasteiger partial charge in [-0.3, -0.25) is 0 Å². The standard InChI is InChI=1S/C13H19N5/c1-3-5-10-11(16-9-17-13(10)14)8-12-15-6-7-18(12)4-2/h6-7,9H,3-5,8H2,1-2H3,(H2,14,16,17). The fourth-order valence-electron chi connectivity index (χ4n) is 2.08. The largest absolute Gasteiger partial charge is 0.383 e. The van der Waals surface area contributed by atoms with Gasteiger partial charge in [-0.15, -0.1) is 0 Å². The molecule has 0 unspecified atom stereocenters. The lowest BCUT2D eigenvalue weighted by molar-refractivity contribution is 0.704. The summed E-state index contributed by atoms with van der Waals surface area (Å²) < 4.78 is 2.12. The molecule has 0 amide bonds. The predicted molar refractivity (Wildman–Crippen MR) is 71.1 cm³/mol.